The van der Waals surface area contributed by atoms with E-state index in [-0.39, 0.29) is 17.4 Å². The molecule has 1 aliphatic heterocycles. The van der Waals surface area contributed by atoms with Crippen LogP contribution in [0.15, 0.2) is 54.6 Å². The molecule has 1 saturated heterocycles. The van der Waals surface area contributed by atoms with Gasteiger partial charge in [-0.1, -0.05) is 49.4 Å². The van der Waals surface area contributed by atoms with Crippen molar-refractivity contribution in [3.63, 3.8) is 0 Å². The summed E-state index contributed by atoms with van der Waals surface area (Å²) in [6.07, 6.45) is 0.924. The Balaban J connectivity index is 1.87. The smallest absolute Gasteiger partial charge is 0.324 e. The number of hydrogen-bond donors (Lipinski definition) is 0. The lowest BCUT2D eigenvalue weighted by atomic mass is 9.76. The zero-order valence-electron chi connectivity index (χ0n) is 15.1. The average Bonchev–Trinajstić information content (AvgIpc) is 3.00. The third-order valence-corrected chi connectivity index (χ3v) is 5.29. The molecule has 0 unspecified atom stereocenters. The van der Waals surface area contributed by atoms with Crippen molar-refractivity contribution < 1.29 is 14.3 Å². The van der Waals surface area contributed by atoms with Gasteiger partial charge in [-0.05, 0) is 29.7 Å². The van der Waals surface area contributed by atoms with E-state index in [1.54, 1.807) is 7.11 Å². The quantitative estimate of drug-likeness (QED) is 0.783. The summed E-state index contributed by atoms with van der Waals surface area (Å²) in [5.74, 6) is 0.668. The van der Waals surface area contributed by atoms with Crippen LogP contribution in [0.25, 0.3) is 0 Å². The number of carbonyl (C=O) groups excluding carboxylic acids is 1. The van der Waals surface area contributed by atoms with Gasteiger partial charge < -0.3 is 9.47 Å². The van der Waals surface area contributed by atoms with Crippen LogP contribution >= 0.6 is 0 Å². The molecule has 0 aromatic heterocycles. The topological polar surface area (TPSA) is 38.8 Å². The number of rotatable bonds is 5. The van der Waals surface area contributed by atoms with Crippen LogP contribution in [0.3, 0.4) is 0 Å². The molecule has 2 aromatic rings. The number of esters is 1. The molecule has 0 radical (unpaired) electrons. The van der Waals surface area contributed by atoms with Gasteiger partial charge in [0, 0.05) is 18.5 Å². The van der Waals surface area contributed by atoms with Crippen LogP contribution in [0, 0.1) is 0 Å². The molecule has 2 aromatic carbocycles. The molecule has 0 amide bonds. The van der Waals surface area contributed by atoms with Gasteiger partial charge >= 0.3 is 5.97 Å². The first-order valence-electron chi connectivity index (χ1n) is 8.59. The molecule has 4 nitrogen and oxygen atoms in total. The van der Waals surface area contributed by atoms with Crippen LogP contribution in [0.5, 0.6) is 5.75 Å². The number of methoxy groups -OCH3 is 2. The Morgan fingerprint density at radius 2 is 1.80 bits per heavy atom. The minimum absolute atomic E-state index is 0.169. The van der Waals surface area contributed by atoms with E-state index in [2.05, 4.69) is 24.0 Å². The van der Waals surface area contributed by atoms with Crippen LogP contribution in [0.1, 0.15) is 24.5 Å². The predicted molar refractivity (Wildman–Crippen MR) is 97.6 cm³/mol. The standard InChI is InChI=1S/C21H25NO3/c1-21(17-7-5-4-6-8-17)13-14-22(19(21)20(23)25-3)15-16-9-11-18(24-2)12-10-16/h4-12,19H,13-15H2,1-3H3/t19-,21+/m0/s1. The van der Waals surface area contributed by atoms with E-state index in [0.29, 0.717) is 6.54 Å². The zero-order valence-corrected chi connectivity index (χ0v) is 15.1. The van der Waals surface area contributed by atoms with Crippen molar-refractivity contribution in [2.24, 2.45) is 0 Å². The lowest BCUT2D eigenvalue weighted by Gasteiger charge is -2.33. The van der Waals surface area contributed by atoms with E-state index in [4.69, 9.17) is 9.47 Å². The second kappa shape index (κ2) is 7.28. The van der Waals surface area contributed by atoms with Crippen LogP contribution < -0.4 is 4.74 Å². The van der Waals surface area contributed by atoms with E-state index < -0.39 is 0 Å². The van der Waals surface area contributed by atoms with Crippen molar-refractivity contribution >= 4 is 5.97 Å². The molecule has 132 valence electrons. The Morgan fingerprint density at radius 1 is 1.12 bits per heavy atom. The fourth-order valence-electron chi connectivity index (χ4n) is 3.82. The summed E-state index contributed by atoms with van der Waals surface area (Å²) in [6.45, 7) is 3.74. The van der Waals surface area contributed by atoms with Crippen LogP contribution in [-0.2, 0) is 21.5 Å². The van der Waals surface area contributed by atoms with E-state index in [1.165, 1.54) is 12.7 Å². The van der Waals surface area contributed by atoms with Crippen molar-refractivity contribution in [3.8, 4) is 5.75 Å². The summed E-state index contributed by atoms with van der Waals surface area (Å²) in [5.41, 5.74) is 2.09. The van der Waals surface area contributed by atoms with Gasteiger partial charge in [0.15, 0.2) is 0 Å². The fraction of sp³-hybridized carbons (Fsp3) is 0.381. The number of hydrogen-bond acceptors (Lipinski definition) is 4. The highest BCUT2D eigenvalue weighted by Crippen LogP contribution is 2.41. The van der Waals surface area contributed by atoms with E-state index in [0.717, 1.165) is 24.3 Å². The highest BCUT2D eigenvalue weighted by atomic mass is 16.5. The summed E-state index contributed by atoms with van der Waals surface area (Å²) in [6, 6.07) is 18.0. The van der Waals surface area contributed by atoms with Gasteiger partial charge in [-0.15, -0.1) is 0 Å². The molecule has 3 rings (SSSR count). The van der Waals surface area contributed by atoms with Crippen LogP contribution in [-0.4, -0.2) is 37.7 Å². The van der Waals surface area contributed by atoms with E-state index in [9.17, 15) is 4.79 Å². The van der Waals surface area contributed by atoms with Gasteiger partial charge in [0.25, 0.3) is 0 Å². The number of ether oxygens (including phenoxy) is 2. The summed E-state index contributed by atoms with van der Waals surface area (Å²) < 4.78 is 10.4. The Bertz CT molecular complexity index is 714. The third kappa shape index (κ3) is 3.40. The minimum atomic E-state index is -0.290. The molecular weight excluding hydrogens is 314 g/mol. The summed E-state index contributed by atoms with van der Waals surface area (Å²) in [5, 5.41) is 0. The van der Waals surface area contributed by atoms with Gasteiger partial charge in [-0.3, -0.25) is 9.69 Å². The molecule has 0 spiro atoms. The molecule has 1 fully saturated rings. The van der Waals surface area contributed by atoms with Crippen molar-refractivity contribution in [3.05, 3.63) is 65.7 Å². The maximum Gasteiger partial charge on any atom is 0.324 e. The Morgan fingerprint density at radius 3 is 2.40 bits per heavy atom. The monoisotopic (exact) mass is 339 g/mol. The number of likely N-dealkylation sites (tertiary alicyclic amines) is 1. The number of nitrogens with zero attached hydrogens (tertiary/aromatic N) is 1. The normalized spacial score (nSPS) is 23.4. The average molecular weight is 339 g/mol. The Labute approximate surface area is 149 Å². The highest BCUT2D eigenvalue weighted by molar-refractivity contribution is 5.78. The van der Waals surface area contributed by atoms with E-state index in [1.807, 2.05) is 42.5 Å². The minimum Gasteiger partial charge on any atom is -0.497 e. The molecule has 0 bridgehead atoms. The third-order valence-electron chi connectivity index (χ3n) is 5.29. The molecule has 0 N–H and O–H groups in total. The van der Waals surface area contributed by atoms with Gasteiger partial charge in [-0.2, -0.15) is 0 Å². The molecule has 25 heavy (non-hydrogen) atoms. The number of carbonyl (C=O) groups is 1. The molecule has 0 saturated carbocycles. The largest absolute Gasteiger partial charge is 0.497 e. The summed E-state index contributed by atoms with van der Waals surface area (Å²) >= 11 is 0. The highest BCUT2D eigenvalue weighted by Gasteiger charge is 2.49. The van der Waals surface area contributed by atoms with Crippen LogP contribution in [0.2, 0.25) is 0 Å². The van der Waals surface area contributed by atoms with Crippen molar-refractivity contribution in [2.75, 3.05) is 20.8 Å². The summed E-state index contributed by atoms with van der Waals surface area (Å²) in [4.78, 5) is 14.8. The van der Waals surface area contributed by atoms with Crippen molar-refractivity contribution in [1.29, 1.82) is 0 Å². The molecule has 4 heteroatoms. The first-order valence-corrected chi connectivity index (χ1v) is 8.59. The molecular formula is C21H25NO3. The predicted octanol–water partition coefficient (Wildman–Crippen LogP) is 3.40. The maximum atomic E-state index is 12.6. The van der Waals surface area contributed by atoms with Gasteiger partial charge in [0.05, 0.1) is 14.2 Å². The first kappa shape index (κ1) is 17.5. The zero-order chi connectivity index (χ0) is 17.9. The van der Waals surface area contributed by atoms with Gasteiger partial charge in [0.2, 0.25) is 0 Å². The van der Waals surface area contributed by atoms with Crippen molar-refractivity contribution in [2.45, 2.75) is 31.3 Å². The maximum absolute atomic E-state index is 12.6. The molecule has 2 atom stereocenters. The van der Waals surface area contributed by atoms with Gasteiger partial charge in [-0.25, -0.2) is 0 Å². The van der Waals surface area contributed by atoms with Crippen LogP contribution in [0.4, 0.5) is 0 Å². The lowest BCUT2D eigenvalue weighted by molar-refractivity contribution is -0.147. The first-order chi connectivity index (χ1) is 12.1. The second-order valence-electron chi connectivity index (χ2n) is 6.78. The summed E-state index contributed by atoms with van der Waals surface area (Å²) in [7, 11) is 3.13. The Kier molecular flexibility index (Phi) is 5.09. The van der Waals surface area contributed by atoms with Gasteiger partial charge in [0.1, 0.15) is 11.8 Å². The van der Waals surface area contributed by atoms with E-state index >= 15 is 0 Å². The number of benzene rings is 2. The lowest BCUT2D eigenvalue weighted by Crippen LogP contribution is -2.47. The molecule has 1 aliphatic rings. The van der Waals surface area contributed by atoms with Crippen molar-refractivity contribution in [1.82, 2.24) is 4.90 Å². The molecule has 1 heterocycles. The second-order valence-corrected chi connectivity index (χ2v) is 6.78. The molecule has 0 aliphatic carbocycles. The fourth-order valence-corrected chi connectivity index (χ4v) is 3.82. The Hall–Kier alpha value is -2.33. The SMILES string of the molecule is COC(=O)[C@@H]1N(Cc2ccc(OC)cc2)CC[C@]1(C)c1ccccc1.